The number of carbonyl (C=O) groups excluding carboxylic acids is 1. The van der Waals surface area contributed by atoms with Gasteiger partial charge in [-0.05, 0) is 31.6 Å². The Morgan fingerprint density at radius 2 is 1.77 bits per heavy atom. The van der Waals surface area contributed by atoms with Gasteiger partial charge >= 0.3 is 0 Å². The van der Waals surface area contributed by atoms with Crippen molar-refractivity contribution in [1.82, 2.24) is 20.4 Å². The van der Waals surface area contributed by atoms with Crippen molar-refractivity contribution in [2.45, 2.75) is 70.9 Å². The maximum absolute atomic E-state index is 11.9. The van der Waals surface area contributed by atoms with Crippen molar-refractivity contribution < 1.29 is 4.79 Å². The summed E-state index contributed by atoms with van der Waals surface area (Å²) in [6.07, 6.45) is 9.29. The van der Waals surface area contributed by atoms with E-state index in [0.29, 0.717) is 12.0 Å². The molecule has 2 N–H and O–H groups in total. The molecule has 1 saturated heterocycles. The lowest BCUT2D eigenvalue weighted by molar-refractivity contribution is -0.127. The zero-order valence-corrected chi connectivity index (χ0v) is 17.3. The molecule has 0 radical (unpaired) electrons. The van der Waals surface area contributed by atoms with Gasteiger partial charge in [-0.15, -0.1) is 0 Å². The Morgan fingerprint density at radius 1 is 1.12 bits per heavy atom. The first-order valence-corrected chi connectivity index (χ1v) is 10.4. The molecule has 1 aliphatic heterocycles. The van der Waals surface area contributed by atoms with Crippen molar-refractivity contribution in [2.75, 3.05) is 40.3 Å². The summed E-state index contributed by atoms with van der Waals surface area (Å²) in [7, 11) is 3.54. The fourth-order valence-electron chi connectivity index (χ4n) is 3.79. The molecule has 150 valence electrons. The van der Waals surface area contributed by atoms with Gasteiger partial charge in [-0.3, -0.25) is 4.79 Å². The fraction of sp³-hybridized carbons (Fsp3) is 0.900. The zero-order valence-electron chi connectivity index (χ0n) is 17.3. The highest BCUT2D eigenvalue weighted by Gasteiger charge is 2.26. The van der Waals surface area contributed by atoms with Crippen LogP contribution in [0.15, 0.2) is 4.99 Å². The van der Waals surface area contributed by atoms with E-state index in [-0.39, 0.29) is 12.5 Å². The Hall–Kier alpha value is -1.30. The lowest BCUT2D eigenvalue weighted by atomic mass is 9.92. The first kappa shape index (κ1) is 21.0. The summed E-state index contributed by atoms with van der Waals surface area (Å²) in [6, 6.07) is 1.26. The van der Waals surface area contributed by atoms with Crippen LogP contribution in [0.25, 0.3) is 0 Å². The number of nitrogens with one attached hydrogen (secondary N) is 2. The molecular formula is C20H39N5O. The quantitative estimate of drug-likeness (QED) is 0.559. The minimum absolute atomic E-state index is 0.0303. The van der Waals surface area contributed by atoms with E-state index in [1.165, 1.54) is 45.2 Å². The van der Waals surface area contributed by atoms with Gasteiger partial charge in [-0.2, -0.15) is 0 Å². The average molecular weight is 366 g/mol. The van der Waals surface area contributed by atoms with E-state index in [1.54, 1.807) is 19.0 Å². The van der Waals surface area contributed by atoms with E-state index in [2.05, 4.69) is 34.4 Å². The highest BCUT2D eigenvalue weighted by molar-refractivity contribution is 5.84. The standard InChI is InChI=1S/C20H39N5O/c1-16(2)14-21-20(22-15-19(26)24(3)4)23-17-10-12-25(13-11-17)18-8-6-5-7-9-18/h16-18H,5-15H2,1-4H3,(H2,21,22,23). The topological polar surface area (TPSA) is 60.0 Å². The molecule has 0 aromatic heterocycles. The lowest BCUT2D eigenvalue weighted by Gasteiger charge is -2.39. The molecule has 0 bridgehead atoms. The normalized spacial score (nSPS) is 21.0. The van der Waals surface area contributed by atoms with E-state index in [4.69, 9.17) is 0 Å². The molecule has 0 aromatic carbocycles. The summed E-state index contributed by atoms with van der Waals surface area (Å²) in [5, 5.41) is 6.96. The van der Waals surface area contributed by atoms with E-state index < -0.39 is 0 Å². The average Bonchev–Trinajstić information content (AvgIpc) is 2.64. The molecule has 0 unspecified atom stereocenters. The van der Waals surface area contributed by atoms with Crippen molar-refractivity contribution in [3.63, 3.8) is 0 Å². The van der Waals surface area contributed by atoms with E-state index in [1.807, 2.05) is 0 Å². The SMILES string of the molecule is CC(C)CNC(=NCC(=O)N(C)C)NC1CCN(C2CCCCC2)CC1. The fourth-order valence-corrected chi connectivity index (χ4v) is 3.79. The number of carbonyl (C=O) groups is 1. The number of aliphatic imine (C=N–C) groups is 1. The van der Waals surface area contributed by atoms with Crippen LogP contribution in [0.2, 0.25) is 0 Å². The Kier molecular flexibility index (Phi) is 8.69. The third kappa shape index (κ3) is 7.14. The summed E-state index contributed by atoms with van der Waals surface area (Å²) < 4.78 is 0. The summed E-state index contributed by atoms with van der Waals surface area (Å²) in [6.45, 7) is 7.77. The van der Waals surface area contributed by atoms with Crippen LogP contribution in [0.5, 0.6) is 0 Å². The zero-order chi connectivity index (χ0) is 18.9. The van der Waals surface area contributed by atoms with Crippen LogP contribution in [-0.4, -0.2) is 74.0 Å². The smallest absolute Gasteiger partial charge is 0.243 e. The first-order chi connectivity index (χ1) is 12.5. The van der Waals surface area contributed by atoms with Crippen LogP contribution in [0, 0.1) is 5.92 Å². The number of amides is 1. The molecule has 6 heteroatoms. The monoisotopic (exact) mass is 365 g/mol. The Labute approximate surface area is 159 Å². The molecule has 2 aliphatic rings. The van der Waals surface area contributed by atoms with E-state index >= 15 is 0 Å². The number of guanidine groups is 1. The highest BCUT2D eigenvalue weighted by Crippen LogP contribution is 2.25. The molecule has 1 aliphatic carbocycles. The molecule has 1 saturated carbocycles. The maximum atomic E-state index is 11.9. The predicted molar refractivity (Wildman–Crippen MR) is 108 cm³/mol. The molecule has 26 heavy (non-hydrogen) atoms. The summed E-state index contributed by atoms with van der Waals surface area (Å²) in [5.74, 6) is 1.35. The first-order valence-electron chi connectivity index (χ1n) is 10.4. The molecule has 0 atom stereocenters. The van der Waals surface area contributed by atoms with Crippen molar-refractivity contribution in [3.05, 3.63) is 0 Å². The number of rotatable bonds is 6. The number of nitrogens with zero attached hydrogens (tertiary/aromatic N) is 3. The van der Waals surface area contributed by atoms with Crippen LogP contribution >= 0.6 is 0 Å². The van der Waals surface area contributed by atoms with Gasteiger partial charge in [0.15, 0.2) is 5.96 Å². The van der Waals surface area contributed by atoms with E-state index in [0.717, 1.165) is 31.4 Å². The minimum atomic E-state index is 0.0303. The second-order valence-electron chi connectivity index (χ2n) is 8.47. The third-order valence-corrected chi connectivity index (χ3v) is 5.51. The summed E-state index contributed by atoms with van der Waals surface area (Å²) in [4.78, 5) is 20.7. The largest absolute Gasteiger partial charge is 0.356 e. The molecule has 2 rings (SSSR count). The third-order valence-electron chi connectivity index (χ3n) is 5.51. The number of piperidine rings is 1. The second kappa shape index (κ2) is 10.8. The highest BCUT2D eigenvalue weighted by atomic mass is 16.2. The van der Waals surface area contributed by atoms with Crippen LogP contribution in [-0.2, 0) is 4.79 Å². The molecule has 1 amide bonds. The van der Waals surface area contributed by atoms with Crippen molar-refractivity contribution in [3.8, 4) is 0 Å². The Balaban J connectivity index is 1.83. The molecular weight excluding hydrogens is 326 g/mol. The van der Waals surface area contributed by atoms with Crippen molar-refractivity contribution >= 4 is 11.9 Å². The van der Waals surface area contributed by atoms with Crippen molar-refractivity contribution in [1.29, 1.82) is 0 Å². The van der Waals surface area contributed by atoms with E-state index in [9.17, 15) is 4.79 Å². The second-order valence-corrected chi connectivity index (χ2v) is 8.47. The van der Waals surface area contributed by atoms with Crippen LogP contribution in [0.1, 0.15) is 58.8 Å². The van der Waals surface area contributed by atoms with Gasteiger partial charge in [0.05, 0.1) is 0 Å². The Morgan fingerprint density at radius 3 is 2.35 bits per heavy atom. The van der Waals surface area contributed by atoms with Crippen LogP contribution in [0.3, 0.4) is 0 Å². The minimum Gasteiger partial charge on any atom is -0.356 e. The Bertz CT molecular complexity index is 449. The van der Waals surface area contributed by atoms with Gasteiger partial charge in [0.1, 0.15) is 6.54 Å². The van der Waals surface area contributed by atoms with Gasteiger partial charge in [-0.25, -0.2) is 4.99 Å². The molecule has 0 spiro atoms. The number of likely N-dealkylation sites (N-methyl/N-ethyl adjacent to an activating group) is 1. The number of hydrogen-bond acceptors (Lipinski definition) is 3. The molecule has 6 nitrogen and oxygen atoms in total. The molecule has 2 fully saturated rings. The number of likely N-dealkylation sites (tertiary alicyclic amines) is 1. The van der Waals surface area contributed by atoms with Gasteiger partial charge in [-0.1, -0.05) is 33.1 Å². The van der Waals surface area contributed by atoms with Gasteiger partial charge in [0.2, 0.25) is 5.91 Å². The van der Waals surface area contributed by atoms with Crippen LogP contribution in [0.4, 0.5) is 0 Å². The summed E-state index contributed by atoms with van der Waals surface area (Å²) in [5.41, 5.74) is 0. The number of hydrogen-bond donors (Lipinski definition) is 2. The predicted octanol–water partition coefficient (Wildman–Crippen LogP) is 2.06. The maximum Gasteiger partial charge on any atom is 0.243 e. The molecule has 1 heterocycles. The van der Waals surface area contributed by atoms with Gasteiger partial charge < -0.3 is 20.4 Å². The summed E-state index contributed by atoms with van der Waals surface area (Å²) >= 11 is 0. The van der Waals surface area contributed by atoms with Crippen LogP contribution < -0.4 is 10.6 Å². The lowest BCUT2D eigenvalue weighted by Crippen LogP contribution is -2.51. The van der Waals surface area contributed by atoms with Gasteiger partial charge in [0.25, 0.3) is 0 Å². The van der Waals surface area contributed by atoms with Gasteiger partial charge in [0, 0.05) is 45.8 Å². The molecule has 0 aromatic rings. The van der Waals surface area contributed by atoms with Crippen molar-refractivity contribution in [2.24, 2.45) is 10.9 Å².